The zero-order valence-electron chi connectivity index (χ0n) is 9.65. The molecule has 1 aromatic carbocycles. The van der Waals surface area contributed by atoms with Crippen LogP contribution in [-0.4, -0.2) is 5.91 Å². The van der Waals surface area contributed by atoms with Gasteiger partial charge in [-0.2, -0.15) is 0 Å². The van der Waals surface area contributed by atoms with E-state index in [4.69, 9.17) is 6.42 Å². The molecule has 2 heteroatoms. The summed E-state index contributed by atoms with van der Waals surface area (Å²) in [6.07, 6.45) is 12.3. The van der Waals surface area contributed by atoms with Crippen LogP contribution < -0.4 is 5.32 Å². The fourth-order valence-corrected chi connectivity index (χ4v) is 1.96. The van der Waals surface area contributed by atoms with Gasteiger partial charge < -0.3 is 5.32 Å². The van der Waals surface area contributed by atoms with Crippen LogP contribution in [-0.2, 0) is 4.79 Å². The maximum Gasteiger partial charge on any atom is 0.227 e. The van der Waals surface area contributed by atoms with Gasteiger partial charge in [0.1, 0.15) is 0 Å². The Labute approximate surface area is 102 Å². The van der Waals surface area contributed by atoms with Gasteiger partial charge in [0.15, 0.2) is 0 Å². The van der Waals surface area contributed by atoms with Gasteiger partial charge in [0.25, 0.3) is 0 Å². The number of anilines is 1. The van der Waals surface area contributed by atoms with E-state index < -0.39 is 0 Å². The van der Waals surface area contributed by atoms with Gasteiger partial charge in [-0.05, 0) is 37.5 Å². The minimum Gasteiger partial charge on any atom is -0.326 e. The molecule has 0 fully saturated rings. The molecule has 0 aromatic heterocycles. The summed E-state index contributed by atoms with van der Waals surface area (Å²) in [6, 6.07) is 7.37. The minimum absolute atomic E-state index is 0.0866. The summed E-state index contributed by atoms with van der Waals surface area (Å²) in [4.78, 5) is 12.0. The van der Waals surface area contributed by atoms with Crippen LogP contribution in [0.3, 0.4) is 0 Å². The average molecular weight is 225 g/mol. The van der Waals surface area contributed by atoms with Gasteiger partial charge in [0.2, 0.25) is 5.91 Å². The van der Waals surface area contributed by atoms with Crippen LogP contribution in [0, 0.1) is 18.3 Å². The Bertz CT molecular complexity index is 482. The first-order valence-electron chi connectivity index (χ1n) is 5.82. The predicted octanol–water partition coefficient (Wildman–Crippen LogP) is 2.96. The first kappa shape index (κ1) is 11.5. The van der Waals surface area contributed by atoms with Crippen molar-refractivity contribution in [1.29, 1.82) is 0 Å². The van der Waals surface area contributed by atoms with Gasteiger partial charge in [-0.3, -0.25) is 4.79 Å². The van der Waals surface area contributed by atoms with E-state index in [0.29, 0.717) is 0 Å². The molecule has 2 rings (SSSR count). The van der Waals surface area contributed by atoms with Gasteiger partial charge in [0.05, 0.1) is 0 Å². The summed E-state index contributed by atoms with van der Waals surface area (Å²) in [5, 5.41) is 2.92. The van der Waals surface area contributed by atoms with Crippen LogP contribution in [0.15, 0.2) is 36.4 Å². The van der Waals surface area contributed by atoms with Crippen molar-refractivity contribution in [3.8, 4) is 12.3 Å². The van der Waals surface area contributed by atoms with E-state index in [0.717, 1.165) is 30.5 Å². The van der Waals surface area contributed by atoms with Crippen LogP contribution >= 0.6 is 0 Å². The van der Waals surface area contributed by atoms with Crippen molar-refractivity contribution in [2.45, 2.75) is 19.3 Å². The molecule has 0 saturated heterocycles. The van der Waals surface area contributed by atoms with E-state index >= 15 is 0 Å². The monoisotopic (exact) mass is 225 g/mol. The highest BCUT2D eigenvalue weighted by molar-refractivity contribution is 5.92. The standard InChI is InChI=1S/C15H15NO/c1-2-12-7-6-10-14(11-12)16-15(17)13-8-4-3-5-9-13/h1,3-4,6-7,10-11,13H,5,8-9H2,(H,16,17). The second-order valence-corrected chi connectivity index (χ2v) is 4.20. The Morgan fingerprint density at radius 3 is 3.00 bits per heavy atom. The summed E-state index contributed by atoms with van der Waals surface area (Å²) >= 11 is 0. The van der Waals surface area contributed by atoms with Crippen molar-refractivity contribution in [1.82, 2.24) is 0 Å². The van der Waals surface area contributed by atoms with Crippen LogP contribution in [0.5, 0.6) is 0 Å². The lowest BCUT2D eigenvalue weighted by molar-refractivity contribution is -0.120. The Morgan fingerprint density at radius 1 is 1.41 bits per heavy atom. The Kier molecular flexibility index (Phi) is 3.62. The molecule has 86 valence electrons. The molecule has 1 unspecified atom stereocenters. The highest BCUT2D eigenvalue weighted by atomic mass is 16.1. The summed E-state index contributed by atoms with van der Waals surface area (Å²) in [5.74, 6) is 2.74. The number of nitrogens with one attached hydrogen (secondary N) is 1. The molecular formula is C15H15NO. The molecule has 1 aliphatic carbocycles. The predicted molar refractivity (Wildman–Crippen MR) is 69.5 cm³/mol. The van der Waals surface area contributed by atoms with Crippen molar-refractivity contribution >= 4 is 11.6 Å². The fourth-order valence-electron chi connectivity index (χ4n) is 1.96. The Hall–Kier alpha value is -2.01. The van der Waals surface area contributed by atoms with E-state index in [-0.39, 0.29) is 11.8 Å². The maximum absolute atomic E-state index is 12.0. The second-order valence-electron chi connectivity index (χ2n) is 4.20. The number of allylic oxidation sites excluding steroid dienone is 2. The van der Waals surface area contributed by atoms with Crippen molar-refractivity contribution in [3.63, 3.8) is 0 Å². The van der Waals surface area contributed by atoms with Crippen molar-refractivity contribution in [2.24, 2.45) is 5.92 Å². The third kappa shape index (κ3) is 2.98. The van der Waals surface area contributed by atoms with Crippen LogP contribution in [0.4, 0.5) is 5.69 Å². The number of carbonyl (C=O) groups excluding carboxylic acids is 1. The maximum atomic E-state index is 12.0. The molecule has 0 saturated carbocycles. The molecule has 0 heterocycles. The summed E-state index contributed by atoms with van der Waals surface area (Å²) in [5.41, 5.74) is 1.56. The Morgan fingerprint density at radius 2 is 2.29 bits per heavy atom. The van der Waals surface area contributed by atoms with Gasteiger partial charge >= 0.3 is 0 Å². The van der Waals surface area contributed by atoms with Crippen molar-refractivity contribution < 1.29 is 4.79 Å². The van der Waals surface area contributed by atoms with Gasteiger partial charge in [0, 0.05) is 17.2 Å². The zero-order valence-corrected chi connectivity index (χ0v) is 9.65. The van der Waals surface area contributed by atoms with E-state index in [1.54, 1.807) is 0 Å². The lowest BCUT2D eigenvalue weighted by atomic mass is 9.93. The topological polar surface area (TPSA) is 29.1 Å². The number of benzene rings is 1. The average Bonchev–Trinajstić information content (AvgIpc) is 2.40. The molecule has 0 bridgehead atoms. The molecule has 1 N–H and O–H groups in total. The molecule has 0 radical (unpaired) electrons. The molecule has 2 nitrogen and oxygen atoms in total. The Balaban J connectivity index is 2.02. The largest absolute Gasteiger partial charge is 0.326 e. The number of hydrogen-bond donors (Lipinski definition) is 1. The first-order chi connectivity index (χ1) is 8.29. The number of terminal acetylenes is 1. The lowest BCUT2D eigenvalue weighted by Crippen LogP contribution is -2.23. The van der Waals surface area contributed by atoms with E-state index in [1.165, 1.54) is 0 Å². The highest BCUT2D eigenvalue weighted by Crippen LogP contribution is 2.20. The van der Waals surface area contributed by atoms with E-state index in [1.807, 2.05) is 24.3 Å². The van der Waals surface area contributed by atoms with Crippen LogP contribution in [0.2, 0.25) is 0 Å². The smallest absolute Gasteiger partial charge is 0.227 e. The highest BCUT2D eigenvalue weighted by Gasteiger charge is 2.18. The molecule has 1 aromatic rings. The normalized spacial score (nSPS) is 18.4. The zero-order chi connectivity index (χ0) is 12.1. The number of hydrogen-bond acceptors (Lipinski definition) is 1. The van der Waals surface area contributed by atoms with Crippen molar-refractivity contribution in [3.05, 3.63) is 42.0 Å². The third-order valence-corrected chi connectivity index (χ3v) is 2.94. The summed E-state index contributed by atoms with van der Waals surface area (Å²) in [6.45, 7) is 0. The molecule has 0 spiro atoms. The van der Waals surface area contributed by atoms with Crippen LogP contribution in [0.25, 0.3) is 0 Å². The molecule has 17 heavy (non-hydrogen) atoms. The SMILES string of the molecule is C#Cc1cccc(NC(=O)C2CC=CCC2)c1. The lowest BCUT2D eigenvalue weighted by Gasteiger charge is -2.17. The molecule has 0 aliphatic heterocycles. The number of amides is 1. The first-order valence-corrected chi connectivity index (χ1v) is 5.82. The number of rotatable bonds is 2. The summed E-state index contributed by atoms with van der Waals surface area (Å²) < 4.78 is 0. The van der Waals surface area contributed by atoms with E-state index in [9.17, 15) is 4.79 Å². The van der Waals surface area contributed by atoms with Gasteiger partial charge in [-0.15, -0.1) is 6.42 Å². The third-order valence-electron chi connectivity index (χ3n) is 2.94. The molecule has 1 atom stereocenters. The quantitative estimate of drug-likeness (QED) is 0.608. The molecular weight excluding hydrogens is 210 g/mol. The molecule has 1 aliphatic rings. The van der Waals surface area contributed by atoms with E-state index in [2.05, 4.69) is 23.4 Å². The minimum atomic E-state index is 0.0866. The van der Waals surface area contributed by atoms with Gasteiger partial charge in [-0.1, -0.05) is 24.1 Å². The molecule has 1 amide bonds. The fraction of sp³-hybridized carbons (Fsp3) is 0.267. The number of carbonyl (C=O) groups is 1. The van der Waals surface area contributed by atoms with Crippen molar-refractivity contribution in [2.75, 3.05) is 5.32 Å². The van der Waals surface area contributed by atoms with Gasteiger partial charge in [-0.25, -0.2) is 0 Å². The summed E-state index contributed by atoms with van der Waals surface area (Å²) in [7, 11) is 0. The van der Waals surface area contributed by atoms with Crippen LogP contribution in [0.1, 0.15) is 24.8 Å². The second kappa shape index (κ2) is 5.36.